The molecule has 0 unspecified atom stereocenters. The standard InChI is InChI=1S/C8H11N3O/c1-5-3-4-6(7(9)11-5)8(12)10-2/h3-4H,1-2H3,(H2,9,11)(H,10,12). The normalized spacial score (nSPS) is 9.50. The van der Waals surface area contributed by atoms with Crippen molar-refractivity contribution in [2.45, 2.75) is 6.92 Å². The van der Waals surface area contributed by atoms with E-state index in [4.69, 9.17) is 5.73 Å². The monoisotopic (exact) mass is 165 g/mol. The lowest BCUT2D eigenvalue weighted by Crippen LogP contribution is -2.19. The van der Waals surface area contributed by atoms with Crippen molar-refractivity contribution in [3.8, 4) is 0 Å². The first-order chi connectivity index (χ1) is 5.65. The van der Waals surface area contributed by atoms with E-state index in [0.717, 1.165) is 5.69 Å². The Bertz CT molecular complexity index is 309. The highest BCUT2D eigenvalue weighted by Crippen LogP contribution is 2.08. The van der Waals surface area contributed by atoms with Crippen LogP contribution in [0.3, 0.4) is 0 Å². The third-order valence-electron chi connectivity index (χ3n) is 1.54. The predicted octanol–water partition coefficient (Wildman–Crippen LogP) is 0.332. The molecule has 1 heterocycles. The molecule has 0 atom stereocenters. The zero-order valence-corrected chi connectivity index (χ0v) is 7.09. The van der Waals surface area contributed by atoms with Gasteiger partial charge in [0.1, 0.15) is 5.82 Å². The molecule has 64 valence electrons. The number of nitrogens with two attached hydrogens (primary N) is 1. The van der Waals surface area contributed by atoms with Crippen molar-refractivity contribution in [3.63, 3.8) is 0 Å². The molecule has 1 rings (SSSR count). The summed E-state index contributed by atoms with van der Waals surface area (Å²) in [6.07, 6.45) is 0. The summed E-state index contributed by atoms with van der Waals surface area (Å²) in [5.74, 6) is 0.0642. The largest absolute Gasteiger partial charge is 0.383 e. The van der Waals surface area contributed by atoms with Gasteiger partial charge in [-0.25, -0.2) is 4.98 Å². The van der Waals surface area contributed by atoms with Gasteiger partial charge < -0.3 is 11.1 Å². The molecule has 0 saturated heterocycles. The van der Waals surface area contributed by atoms with E-state index in [1.54, 1.807) is 19.2 Å². The van der Waals surface area contributed by atoms with Crippen molar-refractivity contribution in [2.75, 3.05) is 12.8 Å². The maximum atomic E-state index is 11.1. The summed E-state index contributed by atoms with van der Waals surface area (Å²) in [4.78, 5) is 15.1. The quantitative estimate of drug-likeness (QED) is 0.630. The minimum atomic E-state index is -0.208. The van der Waals surface area contributed by atoms with Gasteiger partial charge in [-0.15, -0.1) is 0 Å². The summed E-state index contributed by atoms with van der Waals surface area (Å²) in [5.41, 5.74) is 6.75. The molecule has 1 aromatic rings. The van der Waals surface area contributed by atoms with Crippen molar-refractivity contribution in [2.24, 2.45) is 0 Å². The second-order valence-corrected chi connectivity index (χ2v) is 2.46. The molecule has 3 N–H and O–H groups in total. The molecular formula is C8H11N3O. The topological polar surface area (TPSA) is 68.0 Å². The fraction of sp³-hybridized carbons (Fsp3) is 0.250. The molecule has 0 bridgehead atoms. The fourth-order valence-corrected chi connectivity index (χ4v) is 0.903. The smallest absolute Gasteiger partial charge is 0.254 e. The number of nitrogens with zero attached hydrogens (tertiary/aromatic N) is 1. The fourth-order valence-electron chi connectivity index (χ4n) is 0.903. The predicted molar refractivity (Wildman–Crippen MR) is 46.8 cm³/mol. The van der Waals surface area contributed by atoms with Crippen LogP contribution in [-0.2, 0) is 0 Å². The third-order valence-corrected chi connectivity index (χ3v) is 1.54. The number of aryl methyl sites for hydroxylation is 1. The Balaban J connectivity index is 3.09. The van der Waals surface area contributed by atoms with Crippen molar-refractivity contribution in [1.82, 2.24) is 10.3 Å². The van der Waals surface area contributed by atoms with Crippen LogP contribution < -0.4 is 11.1 Å². The maximum absolute atomic E-state index is 11.1. The number of hydrogen-bond acceptors (Lipinski definition) is 3. The van der Waals surface area contributed by atoms with E-state index in [2.05, 4.69) is 10.3 Å². The molecule has 0 aliphatic rings. The Hall–Kier alpha value is -1.58. The molecule has 0 radical (unpaired) electrons. The Morgan fingerprint density at radius 1 is 1.58 bits per heavy atom. The van der Waals surface area contributed by atoms with Gasteiger partial charge in [-0.05, 0) is 19.1 Å². The molecule has 1 aromatic heterocycles. The van der Waals surface area contributed by atoms with E-state index in [1.165, 1.54) is 0 Å². The Labute approximate surface area is 70.8 Å². The van der Waals surface area contributed by atoms with E-state index in [0.29, 0.717) is 5.56 Å². The number of carbonyl (C=O) groups excluding carboxylic acids is 1. The first-order valence-electron chi connectivity index (χ1n) is 3.60. The lowest BCUT2D eigenvalue weighted by Gasteiger charge is -2.02. The number of nitrogens with one attached hydrogen (secondary N) is 1. The number of pyridine rings is 1. The second-order valence-electron chi connectivity index (χ2n) is 2.46. The lowest BCUT2D eigenvalue weighted by molar-refractivity contribution is 0.0963. The molecule has 0 aliphatic heterocycles. The summed E-state index contributed by atoms with van der Waals surface area (Å²) in [5, 5.41) is 2.48. The van der Waals surface area contributed by atoms with Crippen LogP contribution in [0.2, 0.25) is 0 Å². The number of aromatic nitrogens is 1. The minimum absolute atomic E-state index is 0.208. The highest BCUT2D eigenvalue weighted by Gasteiger charge is 2.07. The van der Waals surface area contributed by atoms with Crippen LogP contribution in [0.1, 0.15) is 16.1 Å². The number of anilines is 1. The molecule has 0 aromatic carbocycles. The molecule has 12 heavy (non-hydrogen) atoms. The lowest BCUT2D eigenvalue weighted by atomic mass is 10.2. The molecule has 4 heteroatoms. The summed E-state index contributed by atoms with van der Waals surface area (Å²) in [6, 6.07) is 3.41. The summed E-state index contributed by atoms with van der Waals surface area (Å²) >= 11 is 0. The van der Waals surface area contributed by atoms with E-state index >= 15 is 0 Å². The maximum Gasteiger partial charge on any atom is 0.254 e. The number of hydrogen-bond donors (Lipinski definition) is 2. The summed E-state index contributed by atoms with van der Waals surface area (Å²) < 4.78 is 0. The van der Waals surface area contributed by atoms with Crippen molar-refractivity contribution in [1.29, 1.82) is 0 Å². The minimum Gasteiger partial charge on any atom is -0.383 e. The number of carbonyl (C=O) groups is 1. The zero-order valence-electron chi connectivity index (χ0n) is 7.09. The molecule has 0 spiro atoms. The zero-order chi connectivity index (χ0) is 9.14. The van der Waals surface area contributed by atoms with Crippen LogP contribution in [0, 0.1) is 6.92 Å². The molecule has 4 nitrogen and oxygen atoms in total. The van der Waals surface area contributed by atoms with Crippen LogP contribution in [0.4, 0.5) is 5.82 Å². The molecule has 1 amide bonds. The van der Waals surface area contributed by atoms with Gasteiger partial charge in [0.15, 0.2) is 0 Å². The van der Waals surface area contributed by atoms with Crippen molar-refractivity contribution < 1.29 is 4.79 Å². The SMILES string of the molecule is CNC(=O)c1ccc(C)nc1N. The van der Waals surface area contributed by atoms with Crippen LogP contribution in [-0.4, -0.2) is 17.9 Å². The summed E-state index contributed by atoms with van der Waals surface area (Å²) in [6.45, 7) is 1.82. The third kappa shape index (κ3) is 1.53. The van der Waals surface area contributed by atoms with Gasteiger partial charge >= 0.3 is 0 Å². The van der Waals surface area contributed by atoms with Crippen molar-refractivity contribution in [3.05, 3.63) is 23.4 Å². The van der Waals surface area contributed by atoms with Crippen molar-refractivity contribution >= 4 is 11.7 Å². The highest BCUT2D eigenvalue weighted by atomic mass is 16.1. The first-order valence-corrected chi connectivity index (χ1v) is 3.60. The Morgan fingerprint density at radius 2 is 2.25 bits per heavy atom. The van der Waals surface area contributed by atoms with Crippen LogP contribution in [0.15, 0.2) is 12.1 Å². The van der Waals surface area contributed by atoms with Gasteiger partial charge in [-0.2, -0.15) is 0 Å². The van der Waals surface area contributed by atoms with Gasteiger partial charge in [-0.3, -0.25) is 4.79 Å². The molecule has 0 saturated carbocycles. The van der Waals surface area contributed by atoms with Crippen LogP contribution in [0.25, 0.3) is 0 Å². The van der Waals surface area contributed by atoms with E-state index in [1.807, 2.05) is 6.92 Å². The average molecular weight is 165 g/mol. The molecular weight excluding hydrogens is 154 g/mol. The Kier molecular flexibility index (Phi) is 2.28. The van der Waals surface area contributed by atoms with Crippen LogP contribution in [0.5, 0.6) is 0 Å². The van der Waals surface area contributed by atoms with Gasteiger partial charge in [0.25, 0.3) is 5.91 Å². The summed E-state index contributed by atoms with van der Waals surface area (Å²) in [7, 11) is 1.56. The van der Waals surface area contributed by atoms with E-state index in [9.17, 15) is 4.79 Å². The van der Waals surface area contributed by atoms with Gasteiger partial charge in [0, 0.05) is 12.7 Å². The average Bonchev–Trinajstić information content (AvgIpc) is 2.03. The van der Waals surface area contributed by atoms with Crippen LogP contribution >= 0.6 is 0 Å². The number of amides is 1. The first kappa shape index (κ1) is 8.52. The van der Waals surface area contributed by atoms with E-state index in [-0.39, 0.29) is 11.7 Å². The van der Waals surface area contributed by atoms with Gasteiger partial charge in [-0.1, -0.05) is 0 Å². The second kappa shape index (κ2) is 3.21. The number of nitrogen functional groups attached to an aromatic ring is 1. The number of rotatable bonds is 1. The molecule has 0 fully saturated rings. The highest BCUT2D eigenvalue weighted by molar-refractivity contribution is 5.98. The van der Waals surface area contributed by atoms with E-state index < -0.39 is 0 Å². The van der Waals surface area contributed by atoms with Gasteiger partial charge in [0.05, 0.1) is 5.56 Å². The molecule has 0 aliphatic carbocycles. The van der Waals surface area contributed by atoms with Gasteiger partial charge in [0.2, 0.25) is 0 Å². The Morgan fingerprint density at radius 3 is 2.75 bits per heavy atom.